The van der Waals surface area contributed by atoms with Gasteiger partial charge >= 0.3 is 0 Å². The molecule has 0 unspecified atom stereocenters. The summed E-state index contributed by atoms with van der Waals surface area (Å²) < 4.78 is 0.805. The van der Waals surface area contributed by atoms with E-state index in [1.165, 1.54) is 12.8 Å². The highest BCUT2D eigenvalue weighted by Gasteiger charge is 2.13. The zero-order valence-electron chi connectivity index (χ0n) is 10.2. The van der Waals surface area contributed by atoms with Gasteiger partial charge in [-0.15, -0.1) is 12.6 Å². The fraction of sp³-hybridized carbons (Fsp3) is 0.462. The van der Waals surface area contributed by atoms with Gasteiger partial charge in [0.25, 0.3) is 5.91 Å². The maximum Gasteiger partial charge on any atom is 0.252 e. The maximum atomic E-state index is 12.0. The Labute approximate surface area is 121 Å². The summed E-state index contributed by atoms with van der Waals surface area (Å²) in [5.41, 5.74) is 0.643. The lowest BCUT2D eigenvalue weighted by molar-refractivity contribution is 0.0949. The van der Waals surface area contributed by atoms with Crippen molar-refractivity contribution in [1.29, 1.82) is 0 Å². The first-order chi connectivity index (χ1) is 8.66. The van der Waals surface area contributed by atoms with Gasteiger partial charge in [0.2, 0.25) is 0 Å². The summed E-state index contributed by atoms with van der Waals surface area (Å²) in [4.78, 5) is 15.2. The van der Waals surface area contributed by atoms with E-state index in [-0.39, 0.29) is 5.91 Å². The molecule has 1 aromatic carbocycles. The molecule has 0 radical (unpaired) electrons. The zero-order valence-corrected chi connectivity index (χ0v) is 12.6. The second kappa shape index (κ2) is 6.59. The second-order valence-electron chi connectivity index (χ2n) is 4.47. The minimum atomic E-state index is -0.0445. The summed E-state index contributed by atoms with van der Waals surface area (Å²) in [6.07, 6.45) is 2.56. The molecule has 1 N–H and O–H groups in total. The van der Waals surface area contributed by atoms with Crippen LogP contribution in [0, 0.1) is 0 Å². The molecule has 98 valence electrons. The maximum absolute atomic E-state index is 12.0. The van der Waals surface area contributed by atoms with E-state index in [0.29, 0.717) is 12.1 Å². The van der Waals surface area contributed by atoms with Crippen LogP contribution in [0.5, 0.6) is 0 Å². The van der Waals surface area contributed by atoms with Crippen LogP contribution in [0.4, 0.5) is 0 Å². The van der Waals surface area contributed by atoms with Crippen LogP contribution in [-0.4, -0.2) is 37.0 Å². The Balaban J connectivity index is 1.85. The lowest BCUT2D eigenvalue weighted by atomic mass is 10.2. The van der Waals surface area contributed by atoms with E-state index in [1.54, 1.807) is 6.07 Å². The third-order valence-electron chi connectivity index (χ3n) is 3.11. The van der Waals surface area contributed by atoms with E-state index in [2.05, 4.69) is 38.8 Å². The average molecular weight is 329 g/mol. The van der Waals surface area contributed by atoms with Crippen LogP contribution in [0.25, 0.3) is 0 Å². The first-order valence-corrected chi connectivity index (χ1v) is 7.40. The fourth-order valence-electron chi connectivity index (χ4n) is 2.12. The molecule has 1 heterocycles. The van der Waals surface area contributed by atoms with Crippen molar-refractivity contribution in [3.63, 3.8) is 0 Å². The van der Waals surface area contributed by atoms with Crippen molar-refractivity contribution < 1.29 is 4.79 Å². The van der Waals surface area contributed by atoms with Gasteiger partial charge in [0, 0.05) is 22.5 Å². The highest BCUT2D eigenvalue weighted by molar-refractivity contribution is 9.10. The summed E-state index contributed by atoms with van der Waals surface area (Å²) in [7, 11) is 0. The fourth-order valence-corrected chi connectivity index (χ4v) is 2.75. The van der Waals surface area contributed by atoms with Crippen molar-refractivity contribution in [3.8, 4) is 0 Å². The number of likely N-dealkylation sites (tertiary alicyclic amines) is 1. The summed E-state index contributed by atoms with van der Waals surface area (Å²) in [5.74, 6) is -0.0445. The molecule has 0 bridgehead atoms. The van der Waals surface area contributed by atoms with E-state index in [1.807, 2.05) is 12.1 Å². The van der Waals surface area contributed by atoms with Gasteiger partial charge in [-0.05, 0) is 60.1 Å². The Hall–Kier alpha value is -0.520. The first-order valence-electron chi connectivity index (χ1n) is 6.16. The van der Waals surface area contributed by atoms with Crippen molar-refractivity contribution in [2.24, 2.45) is 0 Å². The number of amides is 1. The monoisotopic (exact) mass is 328 g/mol. The number of thiol groups is 1. The SMILES string of the molecule is O=C(NCCN1CCCC1)c1cc(S)ccc1Br. The van der Waals surface area contributed by atoms with Gasteiger partial charge in [-0.1, -0.05) is 0 Å². The van der Waals surface area contributed by atoms with Crippen LogP contribution in [0.15, 0.2) is 27.6 Å². The largest absolute Gasteiger partial charge is 0.351 e. The van der Waals surface area contributed by atoms with Crippen LogP contribution in [0.2, 0.25) is 0 Å². The molecule has 0 aromatic heterocycles. The molecular weight excluding hydrogens is 312 g/mol. The number of carbonyl (C=O) groups is 1. The number of nitrogens with zero attached hydrogens (tertiary/aromatic N) is 1. The van der Waals surface area contributed by atoms with Crippen LogP contribution in [0.1, 0.15) is 23.2 Å². The molecule has 1 aliphatic heterocycles. The molecule has 18 heavy (non-hydrogen) atoms. The van der Waals surface area contributed by atoms with Gasteiger partial charge in [-0.3, -0.25) is 4.79 Å². The Morgan fingerprint density at radius 2 is 2.11 bits per heavy atom. The highest BCUT2D eigenvalue weighted by Crippen LogP contribution is 2.20. The lowest BCUT2D eigenvalue weighted by Crippen LogP contribution is -2.33. The van der Waals surface area contributed by atoms with Gasteiger partial charge < -0.3 is 10.2 Å². The quantitative estimate of drug-likeness (QED) is 0.832. The standard InChI is InChI=1S/C13H17BrN2OS/c14-12-4-3-10(18)9-11(12)13(17)15-5-8-16-6-1-2-7-16/h3-4,9,18H,1-2,5-8H2,(H,15,17). The van der Waals surface area contributed by atoms with Crippen LogP contribution in [-0.2, 0) is 0 Å². The predicted molar refractivity (Wildman–Crippen MR) is 79.4 cm³/mol. The normalized spacial score (nSPS) is 15.9. The van der Waals surface area contributed by atoms with Crippen molar-refractivity contribution in [1.82, 2.24) is 10.2 Å². The zero-order chi connectivity index (χ0) is 13.0. The number of nitrogens with one attached hydrogen (secondary N) is 1. The molecule has 0 aliphatic carbocycles. The third-order valence-corrected chi connectivity index (χ3v) is 4.08. The Morgan fingerprint density at radius 3 is 2.83 bits per heavy atom. The van der Waals surface area contributed by atoms with Crippen molar-refractivity contribution in [2.75, 3.05) is 26.2 Å². The van der Waals surface area contributed by atoms with Gasteiger partial charge in [0.1, 0.15) is 0 Å². The van der Waals surface area contributed by atoms with E-state index >= 15 is 0 Å². The summed E-state index contributed by atoms with van der Waals surface area (Å²) >= 11 is 7.63. The smallest absolute Gasteiger partial charge is 0.252 e. The van der Waals surface area contributed by atoms with E-state index < -0.39 is 0 Å². The molecular formula is C13H17BrN2OS. The number of hydrogen-bond donors (Lipinski definition) is 2. The topological polar surface area (TPSA) is 32.3 Å². The molecule has 0 atom stereocenters. The van der Waals surface area contributed by atoms with Gasteiger partial charge in [0.05, 0.1) is 5.56 Å². The molecule has 1 fully saturated rings. The number of hydrogen-bond acceptors (Lipinski definition) is 3. The minimum Gasteiger partial charge on any atom is -0.351 e. The lowest BCUT2D eigenvalue weighted by Gasteiger charge is -2.15. The third kappa shape index (κ3) is 3.73. The van der Waals surface area contributed by atoms with Gasteiger partial charge in [-0.25, -0.2) is 0 Å². The molecule has 5 heteroatoms. The number of halogens is 1. The molecule has 1 saturated heterocycles. The Kier molecular flexibility index (Phi) is 5.09. The predicted octanol–water partition coefficient (Wildman–Crippen LogP) is 2.56. The Morgan fingerprint density at radius 1 is 1.39 bits per heavy atom. The van der Waals surface area contributed by atoms with Crippen LogP contribution < -0.4 is 5.32 Å². The van der Waals surface area contributed by atoms with E-state index in [0.717, 1.165) is 29.0 Å². The average Bonchev–Trinajstić information content (AvgIpc) is 2.85. The first kappa shape index (κ1) is 13.9. The second-order valence-corrected chi connectivity index (χ2v) is 5.84. The summed E-state index contributed by atoms with van der Waals surface area (Å²) in [6.45, 7) is 3.95. The van der Waals surface area contributed by atoms with Gasteiger partial charge in [0.15, 0.2) is 0 Å². The van der Waals surface area contributed by atoms with Crippen molar-refractivity contribution in [2.45, 2.75) is 17.7 Å². The van der Waals surface area contributed by atoms with Crippen molar-refractivity contribution >= 4 is 34.5 Å². The summed E-state index contributed by atoms with van der Waals surface area (Å²) in [6, 6.07) is 5.48. The van der Waals surface area contributed by atoms with Crippen LogP contribution >= 0.6 is 28.6 Å². The number of carbonyl (C=O) groups excluding carboxylic acids is 1. The number of benzene rings is 1. The summed E-state index contributed by atoms with van der Waals surface area (Å²) in [5, 5.41) is 2.95. The van der Waals surface area contributed by atoms with E-state index in [4.69, 9.17) is 0 Å². The molecule has 1 aliphatic rings. The molecule has 0 spiro atoms. The van der Waals surface area contributed by atoms with E-state index in [9.17, 15) is 4.79 Å². The molecule has 1 amide bonds. The molecule has 2 rings (SSSR count). The van der Waals surface area contributed by atoms with Crippen LogP contribution in [0.3, 0.4) is 0 Å². The molecule has 0 saturated carbocycles. The highest BCUT2D eigenvalue weighted by atomic mass is 79.9. The Bertz CT molecular complexity index is 433. The van der Waals surface area contributed by atoms with Gasteiger partial charge in [-0.2, -0.15) is 0 Å². The molecule has 3 nitrogen and oxygen atoms in total. The minimum absolute atomic E-state index is 0.0445. The number of rotatable bonds is 4. The molecule has 1 aromatic rings. The van der Waals surface area contributed by atoms with Crippen molar-refractivity contribution in [3.05, 3.63) is 28.2 Å².